The van der Waals surface area contributed by atoms with Crippen LogP contribution >= 0.6 is 0 Å². The van der Waals surface area contributed by atoms with Crippen LogP contribution in [0.2, 0.25) is 0 Å². The van der Waals surface area contributed by atoms with Gasteiger partial charge in [-0.3, -0.25) is 10.1 Å². The highest BCUT2D eigenvalue weighted by Gasteiger charge is 2.18. The van der Waals surface area contributed by atoms with Gasteiger partial charge in [0, 0.05) is 11.6 Å². The number of carboxylic acids is 1. The topological polar surface area (TPSA) is 101 Å². The minimum atomic E-state index is -0.959. The average molecular weight is 359 g/mol. The fraction of sp³-hybridized carbons (Fsp3) is 0.421. The number of pyridine rings is 1. The lowest BCUT2D eigenvalue weighted by Gasteiger charge is -2.21. The van der Waals surface area contributed by atoms with Gasteiger partial charge in [0.05, 0.1) is 12.5 Å². The second-order valence-corrected chi connectivity index (χ2v) is 7.15. The summed E-state index contributed by atoms with van der Waals surface area (Å²) < 4.78 is 5.09. The molecular formula is C19H25N3O4. The van der Waals surface area contributed by atoms with E-state index in [1.165, 1.54) is 0 Å². The third-order valence-electron chi connectivity index (χ3n) is 4.05. The first-order chi connectivity index (χ1) is 12.2. The molecule has 2 aromatic rings. The predicted molar refractivity (Wildman–Crippen MR) is 101 cm³/mol. The Balaban J connectivity index is 2.11. The smallest absolute Gasteiger partial charge is 0.412 e. The number of rotatable bonds is 6. The van der Waals surface area contributed by atoms with Crippen LogP contribution in [0.3, 0.4) is 0 Å². The first kappa shape index (κ1) is 19.7. The molecule has 0 radical (unpaired) electrons. The van der Waals surface area contributed by atoms with Crippen molar-refractivity contribution in [2.24, 2.45) is 0 Å². The molecule has 0 aliphatic carbocycles. The molecule has 0 spiro atoms. The lowest BCUT2D eigenvalue weighted by Crippen LogP contribution is -2.34. The van der Waals surface area contributed by atoms with E-state index >= 15 is 0 Å². The van der Waals surface area contributed by atoms with Gasteiger partial charge in [-0.25, -0.2) is 9.78 Å². The summed E-state index contributed by atoms with van der Waals surface area (Å²) in [5.41, 5.74) is 1.11. The molecule has 0 aliphatic heterocycles. The van der Waals surface area contributed by atoms with Gasteiger partial charge in [-0.15, -0.1) is 0 Å². The van der Waals surface area contributed by atoms with Crippen molar-refractivity contribution < 1.29 is 19.4 Å². The molecule has 26 heavy (non-hydrogen) atoms. The van der Waals surface area contributed by atoms with Crippen LogP contribution in [-0.2, 0) is 14.9 Å². The van der Waals surface area contributed by atoms with E-state index in [0.29, 0.717) is 5.82 Å². The van der Waals surface area contributed by atoms with E-state index in [0.717, 1.165) is 16.3 Å². The summed E-state index contributed by atoms with van der Waals surface area (Å²) in [5, 5.41) is 16.2. The van der Waals surface area contributed by atoms with Gasteiger partial charge in [-0.1, -0.05) is 39.0 Å². The highest BCUT2D eigenvalue weighted by atomic mass is 16.5. The Bertz CT molecular complexity index is 799. The number of nitrogens with zero attached hydrogens (tertiary/aromatic N) is 1. The number of carboxylic acid groups (broad SMARTS) is 1. The number of hydrogen-bond acceptors (Lipinski definition) is 5. The molecule has 3 N–H and O–H groups in total. The fourth-order valence-electron chi connectivity index (χ4n) is 2.66. The van der Waals surface area contributed by atoms with Crippen molar-refractivity contribution in [3.8, 4) is 0 Å². The monoisotopic (exact) mass is 359 g/mol. The number of benzene rings is 1. The number of ether oxygens (including phenoxy) is 1. The molecule has 1 unspecified atom stereocenters. The summed E-state index contributed by atoms with van der Waals surface area (Å²) in [5.74, 6) is -0.572. The van der Waals surface area contributed by atoms with Crippen molar-refractivity contribution >= 4 is 28.7 Å². The van der Waals surface area contributed by atoms with Gasteiger partial charge in [0.1, 0.15) is 12.4 Å². The number of aliphatic carboxylic acids is 1. The van der Waals surface area contributed by atoms with Crippen LogP contribution in [0, 0.1) is 0 Å². The van der Waals surface area contributed by atoms with Crippen molar-refractivity contribution in [1.29, 1.82) is 0 Å². The molecular weight excluding hydrogens is 334 g/mol. The molecule has 0 bridgehead atoms. The van der Waals surface area contributed by atoms with Crippen molar-refractivity contribution in [1.82, 2.24) is 10.3 Å². The van der Waals surface area contributed by atoms with E-state index in [1.807, 2.05) is 18.2 Å². The number of fused-ring (bicyclic) bond motifs is 1. The largest absolute Gasteiger partial charge is 0.481 e. The highest BCUT2D eigenvalue weighted by molar-refractivity contribution is 5.91. The van der Waals surface area contributed by atoms with Crippen molar-refractivity contribution in [2.75, 3.05) is 19.0 Å². The van der Waals surface area contributed by atoms with Crippen molar-refractivity contribution in [3.05, 3.63) is 36.0 Å². The summed E-state index contributed by atoms with van der Waals surface area (Å²) in [6, 6.07) is 7.41. The summed E-state index contributed by atoms with van der Waals surface area (Å²) in [4.78, 5) is 27.0. The molecule has 0 saturated heterocycles. The zero-order valence-electron chi connectivity index (χ0n) is 15.5. The van der Waals surface area contributed by atoms with Crippen LogP contribution in [0.4, 0.5) is 10.6 Å². The number of carbonyl (C=O) groups is 2. The van der Waals surface area contributed by atoms with E-state index < -0.39 is 18.1 Å². The molecule has 0 fully saturated rings. The van der Waals surface area contributed by atoms with Crippen LogP contribution < -0.4 is 10.6 Å². The van der Waals surface area contributed by atoms with Crippen molar-refractivity contribution in [3.63, 3.8) is 0 Å². The van der Waals surface area contributed by atoms with Crippen molar-refractivity contribution in [2.45, 2.75) is 38.6 Å². The number of hydrogen-bond donors (Lipinski definition) is 3. The van der Waals surface area contributed by atoms with Crippen LogP contribution in [0.15, 0.2) is 30.5 Å². The summed E-state index contributed by atoms with van der Waals surface area (Å²) in [7, 11) is 1.62. The zero-order chi connectivity index (χ0) is 19.3. The summed E-state index contributed by atoms with van der Waals surface area (Å²) >= 11 is 0. The number of likely N-dealkylation sites (N-methyl/N-ethyl adjacent to an activating group) is 1. The van der Waals surface area contributed by atoms with Crippen LogP contribution in [0.5, 0.6) is 0 Å². The second kappa shape index (κ2) is 8.14. The molecule has 2 rings (SSSR count). The van der Waals surface area contributed by atoms with Gasteiger partial charge in [0.2, 0.25) is 0 Å². The van der Waals surface area contributed by atoms with Gasteiger partial charge in [0.25, 0.3) is 0 Å². The average Bonchev–Trinajstić information content (AvgIpc) is 2.56. The number of amides is 1. The molecule has 1 atom stereocenters. The molecule has 0 saturated carbocycles. The molecule has 1 heterocycles. The maximum Gasteiger partial charge on any atom is 0.412 e. The van der Waals surface area contributed by atoms with Gasteiger partial charge in [-0.2, -0.15) is 0 Å². The zero-order valence-corrected chi connectivity index (χ0v) is 15.5. The van der Waals surface area contributed by atoms with Crippen LogP contribution in [0.1, 0.15) is 32.8 Å². The first-order valence-corrected chi connectivity index (χ1v) is 8.43. The Hall–Kier alpha value is -2.67. The minimum absolute atomic E-state index is 0.0461. The standard InChI is InChI=1S/C19H25N3O4/c1-19(2,3)15-7-5-6-12-10-21-16(9-14(12)15)22-18(25)26-11-13(20-4)8-17(23)24/h5-7,9-10,13,20H,8,11H2,1-4H3,(H,23,24)(H,21,22,25). The first-order valence-electron chi connectivity index (χ1n) is 8.43. The molecule has 0 aliphatic rings. The number of aromatic nitrogens is 1. The Labute approximate surface area is 152 Å². The minimum Gasteiger partial charge on any atom is -0.481 e. The maximum absolute atomic E-state index is 12.0. The van der Waals surface area contributed by atoms with E-state index in [-0.39, 0.29) is 18.4 Å². The Kier molecular flexibility index (Phi) is 6.15. The number of anilines is 1. The van der Waals surface area contributed by atoms with Gasteiger partial charge in [-0.05, 0) is 29.5 Å². The van der Waals surface area contributed by atoms with Gasteiger partial charge in [0.15, 0.2) is 0 Å². The second-order valence-electron chi connectivity index (χ2n) is 7.15. The molecule has 140 valence electrons. The van der Waals surface area contributed by atoms with E-state index in [9.17, 15) is 9.59 Å². The van der Waals surface area contributed by atoms with Gasteiger partial charge < -0.3 is 15.2 Å². The lowest BCUT2D eigenvalue weighted by molar-refractivity contribution is -0.137. The molecule has 1 aromatic heterocycles. The summed E-state index contributed by atoms with van der Waals surface area (Å²) in [6.07, 6.45) is 0.907. The third-order valence-corrected chi connectivity index (χ3v) is 4.05. The Morgan fingerprint density at radius 3 is 2.65 bits per heavy atom. The summed E-state index contributed by atoms with van der Waals surface area (Å²) in [6.45, 7) is 6.34. The Morgan fingerprint density at radius 1 is 1.31 bits per heavy atom. The van der Waals surface area contributed by atoms with Crippen LogP contribution in [-0.4, -0.2) is 41.8 Å². The van der Waals surface area contributed by atoms with E-state index in [1.54, 1.807) is 13.2 Å². The lowest BCUT2D eigenvalue weighted by atomic mass is 9.84. The molecule has 1 amide bonds. The normalized spacial score (nSPS) is 12.6. The molecule has 1 aromatic carbocycles. The fourth-order valence-corrected chi connectivity index (χ4v) is 2.66. The van der Waals surface area contributed by atoms with E-state index in [4.69, 9.17) is 9.84 Å². The van der Waals surface area contributed by atoms with Gasteiger partial charge >= 0.3 is 12.1 Å². The number of carbonyl (C=O) groups excluding carboxylic acids is 1. The Morgan fingerprint density at radius 2 is 2.04 bits per heavy atom. The highest BCUT2D eigenvalue weighted by Crippen LogP contribution is 2.30. The maximum atomic E-state index is 12.0. The van der Waals surface area contributed by atoms with Crippen LogP contribution in [0.25, 0.3) is 10.8 Å². The van der Waals surface area contributed by atoms with E-state index in [2.05, 4.69) is 42.5 Å². The SMILES string of the molecule is CNC(COC(=O)Nc1cc2c(C(C)(C)C)cccc2cn1)CC(=O)O. The molecule has 7 heteroatoms. The number of nitrogens with one attached hydrogen (secondary N) is 2. The predicted octanol–water partition coefficient (Wildman–Crippen LogP) is 3.14. The molecule has 7 nitrogen and oxygen atoms in total. The third kappa shape index (κ3) is 5.16. The quantitative estimate of drug-likeness (QED) is 0.732.